The number of sulfonamides is 2. The average molecular weight is 532 g/mol. The molecule has 30 heavy (non-hydrogen) atoms. The van der Waals surface area contributed by atoms with Crippen LogP contribution in [-0.2, 0) is 20.0 Å². The van der Waals surface area contributed by atoms with Crippen LogP contribution in [0, 0.1) is 0 Å². The van der Waals surface area contributed by atoms with E-state index in [-0.39, 0.29) is 43.0 Å². The molecule has 0 N–H and O–H groups in total. The highest BCUT2D eigenvalue weighted by atomic mass is 35.5. The first-order valence-corrected chi connectivity index (χ1v) is 13.2. The fourth-order valence-electron chi connectivity index (χ4n) is 3.34. The monoisotopic (exact) mass is 530 g/mol. The SMILES string of the molecule is CC1CN(S(=O)(=O)c2cc(Cl)ccc2Cl)C(C)CN1S(=O)(=O)c1cc(Cl)ccc1Cl. The largest absolute Gasteiger partial charge is 0.244 e. The van der Waals surface area contributed by atoms with Crippen molar-refractivity contribution in [2.45, 2.75) is 35.7 Å². The zero-order valence-corrected chi connectivity index (χ0v) is 20.5. The van der Waals surface area contributed by atoms with Gasteiger partial charge in [0.25, 0.3) is 0 Å². The Labute approximate surface area is 196 Å². The molecule has 2 aromatic rings. The minimum Gasteiger partial charge on any atom is -0.207 e. The van der Waals surface area contributed by atoms with Crippen LogP contribution in [0.25, 0.3) is 0 Å². The van der Waals surface area contributed by atoms with Crippen LogP contribution in [0.5, 0.6) is 0 Å². The molecule has 1 saturated heterocycles. The number of piperazine rings is 1. The van der Waals surface area contributed by atoms with E-state index in [1.807, 2.05) is 0 Å². The topological polar surface area (TPSA) is 74.8 Å². The van der Waals surface area contributed by atoms with Crippen LogP contribution in [0.3, 0.4) is 0 Å². The molecule has 1 aliphatic rings. The highest BCUT2D eigenvalue weighted by molar-refractivity contribution is 7.89. The molecule has 0 spiro atoms. The lowest BCUT2D eigenvalue weighted by atomic mass is 10.2. The predicted octanol–water partition coefficient (Wildman–Crippen LogP) is 4.77. The Bertz CT molecular complexity index is 1100. The van der Waals surface area contributed by atoms with Gasteiger partial charge in [-0.05, 0) is 50.2 Å². The minimum atomic E-state index is -4.00. The van der Waals surface area contributed by atoms with Gasteiger partial charge >= 0.3 is 0 Å². The van der Waals surface area contributed by atoms with E-state index in [9.17, 15) is 16.8 Å². The molecule has 2 atom stereocenters. The van der Waals surface area contributed by atoms with E-state index in [4.69, 9.17) is 46.4 Å². The average Bonchev–Trinajstić information content (AvgIpc) is 2.66. The first-order chi connectivity index (χ1) is 13.9. The Morgan fingerprint density at radius 3 is 1.37 bits per heavy atom. The number of benzene rings is 2. The third kappa shape index (κ3) is 4.47. The van der Waals surface area contributed by atoms with E-state index >= 15 is 0 Å². The highest BCUT2D eigenvalue weighted by Crippen LogP contribution is 2.34. The van der Waals surface area contributed by atoms with Gasteiger partial charge < -0.3 is 0 Å². The fraction of sp³-hybridized carbons (Fsp3) is 0.333. The summed E-state index contributed by atoms with van der Waals surface area (Å²) in [5.74, 6) is 0. The Morgan fingerprint density at radius 1 is 0.700 bits per heavy atom. The van der Waals surface area contributed by atoms with Crippen LogP contribution in [0.1, 0.15) is 13.8 Å². The van der Waals surface area contributed by atoms with E-state index in [1.54, 1.807) is 13.8 Å². The number of hydrogen-bond donors (Lipinski definition) is 0. The van der Waals surface area contributed by atoms with Gasteiger partial charge in [0.1, 0.15) is 9.79 Å². The lowest BCUT2D eigenvalue weighted by Gasteiger charge is -2.42. The molecule has 2 aromatic carbocycles. The molecular weight excluding hydrogens is 514 g/mol. The van der Waals surface area contributed by atoms with Gasteiger partial charge in [-0.25, -0.2) is 16.8 Å². The number of nitrogens with zero attached hydrogens (tertiary/aromatic N) is 2. The molecular formula is C18H18Cl4N2O4S2. The van der Waals surface area contributed by atoms with Crippen molar-refractivity contribution in [2.75, 3.05) is 13.1 Å². The van der Waals surface area contributed by atoms with Crippen LogP contribution in [0.4, 0.5) is 0 Å². The molecule has 0 aromatic heterocycles. The van der Waals surface area contributed by atoms with Gasteiger partial charge in [-0.2, -0.15) is 8.61 Å². The van der Waals surface area contributed by atoms with E-state index in [0.717, 1.165) is 0 Å². The molecule has 1 aliphatic heterocycles. The van der Waals surface area contributed by atoms with Gasteiger partial charge in [-0.3, -0.25) is 0 Å². The molecule has 2 unspecified atom stereocenters. The molecule has 1 heterocycles. The van der Waals surface area contributed by atoms with Crippen LogP contribution in [0.2, 0.25) is 20.1 Å². The Hall–Kier alpha value is -0.580. The second-order valence-corrected chi connectivity index (χ2v) is 12.4. The molecule has 0 aliphatic carbocycles. The summed E-state index contributed by atoms with van der Waals surface area (Å²) < 4.78 is 55.3. The lowest BCUT2D eigenvalue weighted by molar-refractivity contribution is 0.164. The summed E-state index contributed by atoms with van der Waals surface area (Å²) in [5.41, 5.74) is 0. The maximum absolute atomic E-state index is 13.2. The zero-order chi connectivity index (χ0) is 22.4. The van der Waals surface area contributed by atoms with Crippen LogP contribution in [0.15, 0.2) is 46.2 Å². The molecule has 0 saturated carbocycles. The molecule has 0 amide bonds. The molecule has 164 valence electrons. The van der Waals surface area contributed by atoms with Crippen molar-refractivity contribution in [1.82, 2.24) is 8.61 Å². The van der Waals surface area contributed by atoms with Crippen LogP contribution >= 0.6 is 46.4 Å². The molecule has 0 radical (unpaired) electrons. The Morgan fingerprint density at radius 2 is 1.03 bits per heavy atom. The summed E-state index contributed by atoms with van der Waals surface area (Å²) in [6.07, 6.45) is 0. The van der Waals surface area contributed by atoms with E-state index in [1.165, 1.54) is 45.0 Å². The molecule has 0 bridgehead atoms. The molecule has 6 nitrogen and oxygen atoms in total. The standard InChI is InChI=1S/C18H18Cl4N2O4S2/c1-11-9-24(30(27,28)18-8-14(20)4-6-16(18)22)12(2)10-23(11)29(25,26)17-7-13(19)3-5-15(17)21/h3-8,11-12H,9-10H2,1-2H3. The fourth-order valence-corrected chi connectivity index (χ4v) is 8.22. The quantitative estimate of drug-likeness (QED) is 0.569. The van der Waals surface area contributed by atoms with E-state index in [2.05, 4.69) is 0 Å². The van der Waals surface area contributed by atoms with Gasteiger partial charge in [-0.1, -0.05) is 46.4 Å². The molecule has 12 heteroatoms. The van der Waals surface area contributed by atoms with Gasteiger partial charge in [0, 0.05) is 35.2 Å². The van der Waals surface area contributed by atoms with Crippen LogP contribution in [-0.4, -0.2) is 50.6 Å². The first kappa shape index (κ1) is 24.1. The Kier molecular flexibility index (Phi) is 7.02. The maximum Gasteiger partial charge on any atom is 0.244 e. The smallest absolute Gasteiger partial charge is 0.207 e. The van der Waals surface area contributed by atoms with E-state index in [0.29, 0.717) is 0 Å². The zero-order valence-electron chi connectivity index (χ0n) is 15.9. The summed E-state index contributed by atoms with van der Waals surface area (Å²) in [7, 11) is -7.99. The van der Waals surface area contributed by atoms with Crippen molar-refractivity contribution in [3.8, 4) is 0 Å². The van der Waals surface area contributed by atoms with Crippen molar-refractivity contribution in [2.24, 2.45) is 0 Å². The lowest BCUT2D eigenvalue weighted by Crippen LogP contribution is -2.59. The predicted molar refractivity (Wildman–Crippen MR) is 120 cm³/mol. The van der Waals surface area contributed by atoms with Crippen LogP contribution < -0.4 is 0 Å². The van der Waals surface area contributed by atoms with Crippen molar-refractivity contribution in [3.63, 3.8) is 0 Å². The van der Waals surface area contributed by atoms with Gasteiger partial charge in [0.15, 0.2) is 0 Å². The van der Waals surface area contributed by atoms with Crippen molar-refractivity contribution in [1.29, 1.82) is 0 Å². The third-order valence-electron chi connectivity index (χ3n) is 4.83. The summed E-state index contributed by atoms with van der Waals surface area (Å²) in [6.45, 7) is 3.13. The second-order valence-electron chi connectivity index (χ2n) is 7.00. The normalized spacial score (nSPS) is 21.7. The van der Waals surface area contributed by atoms with Gasteiger partial charge in [0.2, 0.25) is 20.0 Å². The Balaban J connectivity index is 1.96. The maximum atomic E-state index is 13.2. The second kappa shape index (κ2) is 8.75. The van der Waals surface area contributed by atoms with Crippen molar-refractivity contribution in [3.05, 3.63) is 56.5 Å². The summed E-state index contributed by atoms with van der Waals surface area (Å²) >= 11 is 24.1. The minimum absolute atomic E-state index is 0.0417. The number of halogens is 4. The van der Waals surface area contributed by atoms with Gasteiger partial charge in [-0.15, -0.1) is 0 Å². The van der Waals surface area contributed by atoms with Gasteiger partial charge in [0.05, 0.1) is 10.0 Å². The van der Waals surface area contributed by atoms with Crippen molar-refractivity contribution >= 4 is 66.5 Å². The summed E-state index contributed by atoms with van der Waals surface area (Å²) in [4.78, 5) is -0.241. The third-order valence-corrected chi connectivity index (χ3v) is 10.2. The van der Waals surface area contributed by atoms with Crippen molar-refractivity contribution < 1.29 is 16.8 Å². The van der Waals surface area contributed by atoms with E-state index < -0.39 is 32.1 Å². The molecule has 1 fully saturated rings. The first-order valence-electron chi connectivity index (χ1n) is 8.79. The molecule has 3 rings (SSSR count). The number of rotatable bonds is 4. The number of hydrogen-bond acceptors (Lipinski definition) is 4. The summed E-state index contributed by atoms with van der Waals surface area (Å²) in [6, 6.07) is 7.06. The summed E-state index contributed by atoms with van der Waals surface area (Å²) in [5, 5.41) is 0.547. The highest BCUT2D eigenvalue weighted by Gasteiger charge is 2.43.